The smallest absolute Gasteiger partial charge is 0.267 e. The summed E-state index contributed by atoms with van der Waals surface area (Å²) in [7, 11) is 0. The van der Waals surface area contributed by atoms with Crippen LogP contribution in [0.2, 0.25) is 0 Å². The molecule has 4 aromatic rings. The Morgan fingerprint density at radius 3 is 2.42 bits per heavy atom. The number of carbonyl (C=O) groups is 1. The van der Waals surface area contributed by atoms with Crippen molar-refractivity contribution in [1.29, 1.82) is 0 Å². The molecule has 0 fully saturated rings. The van der Waals surface area contributed by atoms with Gasteiger partial charge in [0.05, 0.1) is 0 Å². The van der Waals surface area contributed by atoms with Crippen molar-refractivity contribution in [2.45, 2.75) is 20.3 Å². The van der Waals surface area contributed by atoms with E-state index in [-0.39, 0.29) is 5.91 Å². The number of anilines is 1. The average molecular weight is 363 g/mol. The highest BCUT2D eigenvalue weighted by molar-refractivity contribution is 7.19. The van der Waals surface area contributed by atoms with Gasteiger partial charge in [-0.1, -0.05) is 23.5 Å². The second-order valence-electron chi connectivity index (χ2n) is 6.07. The van der Waals surface area contributed by atoms with E-state index in [0.29, 0.717) is 4.88 Å². The van der Waals surface area contributed by atoms with Crippen LogP contribution in [0.1, 0.15) is 32.3 Å². The second-order valence-corrected chi connectivity index (χ2v) is 7.04. The maximum Gasteiger partial charge on any atom is 0.267 e. The summed E-state index contributed by atoms with van der Waals surface area (Å²) in [5, 5.41) is 11.1. The van der Waals surface area contributed by atoms with E-state index in [1.807, 2.05) is 54.6 Å². The minimum Gasteiger partial charge on any atom is -0.321 e. The molecule has 0 radical (unpaired) electrons. The number of aryl methyl sites for hydroxylation is 2. The van der Waals surface area contributed by atoms with E-state index < -0.39 is 0 Å². The number of amides is 1. The summed E-state index contributed by atoms with van der Waals surface area (Å²) in [5.74, 6) is 0.660. The Hall–Kier alpha value is -3.06. The van der Waals surface area contributed by atoms with E-state index in [1.54, 1.807) is 12.4 Å². The van der Waals surface area contributed by atoms with Gasteiger partial charge in [0.25, 0.3) is 5.91 Å². The van der Waals surface area contributed by atoms with Crippen molar-refractivity contribution in [3.63, 3.8) is 0 Å². The first-order chi connectivity index (χ1) is 12.6. The average Bonchev–Trinajstić information content (AvgIpc) is 3.18. The Labute approximate surface area is 154 Å². The van der Waals surface area contributed by atoms with Crippen molar-refractivity contribution in [3.8, 4) is 0 Å². The van der Waals surface area contributed by atoms with Crippen LogP contribution < -0.4 is 5.32 Å². The first-order valence-electron chi connectivity index (χ1n) is 8.22. The van der Waals surface area contributed by atoms with Crippen LogP contribution >= 0.6 is 11.3 Å². The van der Waals surface area contributed by atoms with Crippen molar-refractivity contribution >= 4 is 27.9 Å². The van der Waals surface area contributed by atoms with Crippen molar-refractivity contribution in [1.82, 2.24) is 19.6 Å². The third-order valence-electron chi connectivity index (χ3n) is 4.23. The molecule has 0 aliphatic rings. The van der Waals surface area contributed by atoms with Crippen LogP contribution in [-0.2, 0) is 6.42 Å². The molecule has 6 nitrogen and oxygen atoms in total. The number of fused-ring (bicyclic) bond motifs is 1. The Morgan fingerprint density at radius 1 is 1.04 bits per heavy atom. The molecule has 0 unspecified atom stereocenters. The molecule has 26 heavy (non-hydrogen) atoms. The molecule has 4 rings (SSSR count). The monoisotopic (exact) mass is 363 g/mol. The zero-order valence-electron chi connectivity index (χ0n) is 14.4. The number of thiazole rings is 1. The minimum atomic E-state index is -0.126. The minimum absolute atomic E-state index is 0.126. The fourth-order valence-corrected chi connectivity index (χ4v) is 3.91. The van der Waals surface area contributed by atoms with Gasteiger partial charge in [-0.25, -0.2) is 0 Å². The molecule has 3 aromatic heterocycles. The van der Waals surface area contributed by atoms with Gasteiger partial charge in [0.15, 0.2) is 0 Å². The molecule has 0 atom stereocenters. The fourth-order valence-electron chi connectivity index (χ4n) is 2.90. The van der Waals surface area contributed by atoms with Gasteiger partial charge in [-0.3, -0.25) is 14.2 Å². The topological polar surface area (TPSA) is 72.2 Å². The number of nitrogens with one attached hydrogen (secondary N) is 1. The SMILES string of the molecule is Cc1nnc2sc(C(=O)Nc3ccc(Cc4ccncc4)cc3)c(C)n12. The number of carbonyl (C=O) groups excluding carboxylic acids is 1. The predicted octanol–water partition coefficient (Wildman–Crippen LogP) is 3.65. The van der Waals surface area contributed by atoms with E-state index in [2.05, 4.69) is 20.5 Å². The standard InChI is InChI=1S/C19H17N5OS/c1-12-17(26-19-23-22-13(2)24(12)19)18(25)21-16-5-3-14(4-6-16)11-15-7-9-20-10-8-15/h3-10H,11H2,1-2H3,(H,21,25). The van der Waals surface area contributed by atoms with Crippen LogP contribution in [0.4, 0.5) is 5.69 Å². The highest BCUT2D eigenvalue weighted by Crippen LogP contribution is 2.24. The zero-order chi connectivity index (χ0) is 18.1. The fraction of sp³-hybridized carbons (Fsp3) is 0.158. The summed E-state index contributed by atoms with van der Waals surface area (Å²) in [5.41, 5.74) is 4.02. The lowest BCUT2D eigenvalue weighted by atomic mass is 10.1. The summed E-state index contributed by atoms with van der Waals surface area (Å²) < 4.78 is 1.90. The van der Waals surface area contributed by atoms with E-state index in [9.17, 15) is 4.79 Å². The van der Waals surface area contributed by atoms with Crippen LogP contribution in [-0.4, -0.2) is 25.5 Å². The Morgan fingerprint density at radius 2 is 1.73 bits per heavy atom. The lowest BCUT2D eigenvalue weighted by Gasteiger charge is -2.06. The van der Waals surface area contributed by atoms with E-state index in [1.165, 1.54) is 22.5 Å². The molecule has 0 aliphatic heterocycles. The van der Waals surface area contributed by atoms with E-state index in [0.717, 1.165) is 28.6 Å². The van der Waals surface area contributed by atoms with Crippen LogP contribution in [0.3, 0.4) is 0 Å². The lowest BCUT2D eigenvalue weighted by molar-refractivity contribution is 0.102. The lowest BCUT2D eigenvalue weighted by Crippen LogP contribution is -2.12. The summed E-state index contributed by atoms with van der Waals surface area (Å²) >= 11 is 1.35. The van der Waals surface area contributed by atoms with Gasteiger partial charge < -0.3 is 5.32 Å². The first-order valence-corrected chi connectivity index (χ1v) is 9.04. The van der Waals surface area contributed by atoms with E-state index >= 15 is 0 Å². The Bertz CT molecular complexity index is 1070. The van der Waals surface area contributed by atoms with Gasteiger partial charge in [-0.05, 0) is 55.7 Å². The van der Waals surface area contributed by atoms with Gasteiger partial charge in [0.1, 0.15) is 10.7 Å². The summed E-state index contributed by atoms with van der Waals surface area (Å²) in [6.07, 6.45) is 4.42. The normalized spacial score (nSPS) is 11.0. The molecular formula is C19H17N5OS. The molecule has 0 saturated heterocycles. The van der Waals surface area contributed by atoms with Gasteiger partial charge in [0, 0.05) is 23.8 Å². The molecule has 0 aliphatic carbocycles. The number of hydrogen-bond donors (Lipinski definition) is 1. The molecule has 1 aromatic carbocycles. The number of hydrogen-bond acceptors (Lipinski definition) is 5. The van der Waals surface area contributed by atoms with Crippen LogP contribution in [0.5, 0.6) is 0 Å². The van der Waals surface area contributed by atoms with E-state index in [4.69, 9.17) is 0 Å². The summed E-state index contributed by atoms with van der Waals surface area (Å²) in [4.78, 5) is 18.0. The quantitative estimate of drug-likeness (QED) is 0.601. The molecule has 0 bridgehead atoms. The zero-order valence-corrected chi connectivity index (χ0v) is 15.2. The largest absolute Gasteiger partial charge is 0.321 e. The molecule has 7 heteroatoms. The highest BCUT2D eigenvalue weighted by Gasteiger charge is 2.18. The molecule has 130 valence electrons. The third kappa shape index (κ3) is 3.09. The molecule has 1 amide bonds. The van der Waals surface area contributed by atoms with Gasteiger partial charge >= 0.3 is 0 Å². The van der Waals surface area contributed by atoms with Gasteiger partial charge in [0.2, 0.25) is 4.96 Å². The first kappa shape index (κ1) is 16.4. The highest BCUT2D eigenvalue weighted by atomic mass is 32.1. The summed E-state index contributed by atoms with van der Waals surface area (Å²) in [6, 6.07) is 11.9. The van der Waals surface area contributed by atoms with Crippen molar-refractivity contribution in [2.75, 3.05) is 5.32 Å². The van der Waals surface area contributed by atoms with Crippen LogP contribution in [0, 0.1) is 13.8 Å². The number of pyridine rings is 1. The number of rotatable bonds is 4. The van der Waals surface area contributed by atoms with Gasteiger partial charge in [-0.2, -0.15) is 0 Å². The Balaban J connectivity index is 1.49. The third-order valence-corrected chi connectivity index (χ3v) is 5.36. The summed E-state index contributed by atoms with van der Waals surface area (Å²) in [6.45, 7) is 3.79. The molecule has 3 heterocycles. The van der Waals surface area contributed by atoms with Crippen molar-refractivity contribution < 1.29 is 4.79 Å². The molecule has 0 spiro atoms. The molecule has 1 N–H and O–H groups in total. The maximum absolute atomic E-state index is 12.6. The Kier molecular flexibility index (Phi) is 4.22. The number of nitrogens with zero attached hydrogens (tertiary/aromatic N) is 4. The van der Waals surface area contributed by atoms with Crippen LogP contribution in [0.15, 0.2) is 48.8 Å². The number of benzene rings is 1. The second kappa shape index (κ2) is 6.68. The molecule has 0 saturated carbocycles. The van der Waals surface area contributed by atoms with Gasteiger partial charge in [-0.15, -0.1) is 10.2 Å². The maximum atomic E-state index is 12.6. The van der Waals surface area contributed by atoms with Crippen molar-refractivity contribution in [3.05, 3.63) is 76.3 Å². The predicted molar refractivity (Wildman–Crippen MR) is 102 cm³/mol. The molecular weight excluding hydrogens is 346 g/mol. The number of aromatic nitrogens is 4. The van der Waals surface area contributed by atoms with Crippen LogP contribution in [0.25, 0.3) is 4.96 Å². The van der Waals surface area contributed by atoms with Crippen molar-refractivity contribution in [2.24, 2.45) is 0 Å².